The number of halogens is 1. The summed E-state index contributed by atoms with van der Waals surface area (Å²) < 4.78 is 0. The quantitative estimate of drug-likeness (QED) is 0.912. The van der Waals surface area contributed by atoms with Gasteiger partial charge in [0.15, 0.2) is 0 Å². The van der Waals surface area contributed by atoms with Crippen molar-refractivity contribution in [3.05, 3.63) is 29.3 Å². The zero-order valence-corrected chi connectivity index (χ0v) is 11.4. The molecule has 4 heteroatoms. The number of para-hydroxylation sites is 1. The van der Waals surface area contributed by atoms with Gasteiger partial charge in [-0.2, -0.15) is 0 Å². The minimum Gasteiger partial charge on any atom is -0.324 e. The number of anilines is 1. The zero-order valence-electron chi connectivity index (χ0n) is 10.7. The summed E-state index contributed by atoms with van der Waals surface area (Å²) in [4.78, 5) is 14.2. The van der Waals surface area contributed by atoms with Gasteiger partial charge in [0.1, 0.15) is 0 Å². The Morgan fingerprint density at radius 2 is 2.22 bits per heavy atom. The van der Waals surface area contributed by atoms with Crippen LogP contribution in [0.2, 0.25) is 5.02 Å². The van der Waals surface area contributed by atoms with Crippen molar-refractivity contribution in [2.24, 2.45) is 0 Å². The van der Waals surface area contributed by atoms with E-state index in [-0.39, 0.29) is 5.91 Å². The van der Waals surface area contributed by atoms with Crippen molar-refractivity contribution < 1.29 is 4.79 Å². The number of hydrogen-bond acceptors (Lipinski definition) is 2. The zero-order chi connectivity index (χ0) is 13.0. The number of nitrogens with one attached hydrogen (secondary N) is 1. The van der Waals surface area contributed by atoms with Crippen LogP contribution in [-0.2, 0) is 4.79 Å². The molecule has 1 N–H and O–H groups in total. The predicted octanol–water partition coefficient (Wildman–Crippen LogP) is 3.15. The van der Waals surface area contributed by atoms with E-state index in [1.165, 1.54) is 19.3 Å². The first kappa shape index (κ1) is 13.4. The highest BCUT2D eigenvalue weighted by molar-refractivity contribution is 6.33. The molecule has 1 amide bonds. The van der Waals surface area contributed by atoms with E-state index >= 15 is 0 Å². The van der Waals surface area contributed by atoms with E-state index in [1.807, 2.05) is 18.2 Å². The Morgan fingerprint density at radius 1 is 1.44 bits per heavy atom. The van der Waals surface area contributed by atoms with E-state index in [1.54, 1.807) is 6.07 Å². The number of likely N-dealkylation sites (tertiary alicyclic amines) is 1. The molecule has 1 atom stereocenters. The van der Waals surface area contributed by atoms with Gasteiger partial charge in [0.2, 0.25) is 5.91 Å². The van der Waals surface area contributed by atoms with Crippen molar-refractivity contribution in [3.63, 3.8) is 0 Å². The van der Waals surface area contributed by atoms with Gasteiger partial charge < -0.3 is 5.32 Å². The first-order valence-corrected chi connectivity index (χ1v) is 6.83. The van der Waals surface area contributed by atoms with Crippen molar-refractivity contribution in [2.75, 3.05) is 18.4 Å². The third kappa shape index (κ3) is 3.47. The van der Waals surface area contributed by atoms with Gasteiger partial charge >= 0.3 is 0 Å². The molecular formula is C14H19ClN2O. The molecular weight excluding hydrogens is 248 g/mol. The first-order valence-electron chi connectivity index (χ1n) is 6.45. The number of carbonyl (C=O) groups excluding carboxylic acids is 1. The number of hydrogen-bond donors (Lipinski definition) is 1. The van der Waals surface area contributed by atoms with Gasteiger partial charge in [0, 0.05) is 6.04 Å². The van der Waals surface area contributed by atoms with Crippen LogP contribution < -0.4 is 5.32 Å². The summed E-state index contributed by atoms with van der Waals surface area (Å²) in [7, 11) is 0. The fourth-order valence-corrected chi connectivity index (χ4v) is 2.51. The molecule has 0 aliphatic carbocycles. The molecule has 1 aliphatic rings. The highest BCUT2D eigenvalue weighted by Crippen LogP contribution is 2.21. The molecule has 1 saturated heterocycles. The van der Waals surface area contributed by atoms with E-state index in [9.17, 15) is 4.79 Å². The summed E-state index contributed by atoms with van der Waals surface area (Å²) >= 11 is 6.01. The molecule has 1 heterocycles. The Labute approximate surface area is 113 Å². The van der Waals surface area contributed by atoms with Crippen molar-refractivity contribution in [1.82, 2.24) is 4.90 Å². The van der Waals surface area contributed by atoms with Crippen LogP contribution in [0, 0.1) is 0 Å². The highest BCUT2D eigenvalue weighted by atomic mass is 35.5. The fourth-order valence-electron chi connectivity index (χ4n) is 2.33. The molecule has 0 radical (unpaired) electrons. The van der Waals surface area contributed by atoms with Crippen molar-refractivity contribution in [3.8, 4) is 0 Å². The van der Waals surface area contributed by atoms with Crippen LogP contribution >= 0.6 is 11.6 Å². The number of amides is 1. The molecule has 1 aromatic carbocycles. The Kier molecular flexibility index (Phi) is 4.61. The standard InChI is InChI=1S/C14H19ClN2O/c1-11-6-4-5-9-17(11)10-14(18)16-13-8-3-2-7-12(13)15/h2-3,7-8,11H,4-6,9-10H2,1H3,(H,16,18)/t11-/m0/s1. The first-order chi connectivity index (χ1) is 8.66. The van der Waals surface area contributed by atoms with Gasteiger partial charge in [-0.15, -0.1) is 0 Å². The van der Waals surface area contributed by atoms with E-state index < -0.39 is 0 Å². The average molecular weight is 267 g/mol. The molecule has 1 aliphatic heterocycles. The van der Waals surface area contributed by atoms with Gasteiger partial charge in [0.05, 0.1) is 17.3 Å². The number of carbonyl (C=O) groups is 1. The summed E-state index contributed by atoms with van der Waals surface area (Å²) in [6.45, 7) is 3.64. The lowest BCUT2D eigenvalue weighted by atomic mass is 10.0. The van der Waals surface area contributed by atoms with Gasteiger partial charge in [-0.25, -0.2) is 0 Å². The monoisotopic (exact) mass is 266 g/mol. The maximum Gasteiger partial charge on any atom is 0.238 e. The topological polar surface area (TPSA) is 32.3 Å². The van der Waals surface area contributed by atoms with Gasteiger partial charge in [-0.05, 0) is 38.4 Å². The van der Waals surface area contributed by atoms with E-state index in [4.69, 9.17) is 11.6 Å². The minimum absolute atomic E-state index is 0.0110. The second-order valence-corrected chi connectivity index (χ2v) is 5.25. The third-order valence-electron chi connectivity index (χ3n) is 3.44. The number of piperidine rings is 1. The van der Waals surface area contributed by atoms with Crippen LogP contribution in [0.3, 0.4) is 0 Å². The molecule has 0 spiro atoms. The lowest BCUT2D eigenvalue weighted by Crippen LogP contribution is -2.42. The SMILES string of the molecule is C[C@H]1CCCCN1CC(=O)Nc1ccccc1Cl. The maximum absolute atomic E-state index is 12.0. The lowest BCUT2D eigenvalue weighted by molar-refractivity contribution is -0.118. The Bertz CT molecular complexity index is 422. The van der Waals surface area contributed by atoms with Gasteiger partial charge in [-0.3, -0.25) is 9.69 Å². The largest absolute Gasteiger partial charge is 0.324 e. The molecule has 0 unspecified atom stereocenters. The molecule has 3 nitrogen and oxygen atoms in total. The van der Waals surface area contributed by atoms with Gasteiger partial charge in [0.25, 0.3) is 0 Å². The van der Waals surface area contributed by atoms with Crippen molar-refractivity contribution in [2.45, 2.75) is 32.2 Å². The molecule has 0 bridgehead atoms. The molecule has 1 aromatic rings. The summed E-state index contributed by atoms with van der Waals surface area (Å²) in [6.07, 6.45) is 3.63. The maximum atomic E-state index is 12.0. The van der Waals surface area contributed by atoms with E-state index in [0.29, 0.717) is 23.3 Å². The van der Waals surface area contributed by atoms with E-state index in [2.05, 4.69) is 17.1 Å². The van der Waals surface area contributed by atoms with Crippen LogP contribution in [-0.4, -0.2) is 29.9 Å². The Morgan fingerprint density at radius 3 is 2.94 bits per heavy atom. The Hall–Kier alpha value is -1.06. The van der Waals surface area contributed by atoms with Crippen molar-refractivity contribution >= 4 is 23.2 Å². The Balaban J connectivity index is 1.90. The van der Waals surface area contributed by atoms with Crippen molar-refractivity contribution in [1.29, 1.82) is 0 Å². The number of nitrogens with zero attached hydrogens (tertiary/aromatic N) is 1. The summed E-state index contributed by atoms with van der Waals surface area (Å²) in [5, 5.41) is 3.45. The fraction of sp³-hybridized carbons (Fsp3) is 0.500. The van der Waals surface area contributed by atoms with Crippen LogP contribution in [0.25, 0.3) is 0 Å². The molecule has 98 valence electrons. The van der Waals surface area contributed by atoms with Crippen LogP contribution in [0.15, 0.2) is 24.3 Å². The summed E-state index contributed by atoms with van der Waals surface area (Å²) in [5.41, 5.74) is 0.689. The van der Waals surface area contributed by atoms with Crippen LogP contribution in [0.5, 0.6) is 0 Å². The minimum atomic E-state index is 0.0110. The molecule has 18 heavy (non-hydrogen) atoms. The molecule has 0 saturated carbocycles. The second kappa shape index (κ2) is 6.21. The smallest absolute Gasteiger partial charge is 0.238 e. The molecule has 1 fully saturated rings. The van der Waals surface area contributed by atoms with Crippen LogP contribution in [0.4, 0.5) is 5.69 Å². The lowest BCUT2D eigenvalue weighted by Gasteiger charge is -2.32. The second-order valence-electron chi connectivity index (χ2n) is 4.84. The summed E-state index contributed by atoms with van der Waals surface area (Å²) in [6, 6.07) is 7.81. The number of benzene rings is 1. The van der Waals surface area contributed by atoms with Gasteiger partial charge in [-0.1, -0.05) is 30.2 Å². The van der Waals surface area contributed by atoms with Crippen LogP contribution in [0.1, 0.15) is 26.2 Å². The van der Waals surface area contributed by atoms with E-state index in [0.717, 1.165) is 6.54 Å². The molecule has 2 rings (SSSR count). The molecule has 0 aromatic heterocycles. The normalized spacial score (nSPS) is 20.7. The average Bonchev–Trinajstić information content (AvgIpc) is 2.35. The number of rotatable bonds is 3. The highest BCUT2D eigenvalue weighted by Gasteiger charge is 2.20. The predicted molar refractivity (Wildman–Crippen MR) is 75.0 cm³/mol. The summed E-state index contributed by atoms with van der Waals surface area (Å²) in [5.74, 6) is 0.0110. The third-order valence-corrected chi connectivity index (χ3v) is 3.76.